The molecule has 2 aromatic heterocycles. The fourth-order valence-electron chi connectivity index (χ4n) is 5.21. The number of amides is 1. The summed E-state index contributed by atoms with van der Waals surface area (Å²) in [5, 5.41) is 9.13. The van der Waals surface area contributed by atoms with E-state index in [9.17, 15) is 9.18 Å². The van der Waals surface area contributed by atoms with E-state index in [0.717, 1.165) is 33.5 Å². The molecule has 2 atom stereocenters. The number of carbonyl (C=O) groups is 1. The molecule has 0 saturated carbocycles. The molecule has 1 aliphatic rings. The number of carbonyl (C=O) groups excluding carboxylic acids is 1. The topological polar surface area (TPSA) is 62.2 Å². The van der Waals surface area contributed by atoms with E-state index in [0.29, 0.717) is 11.7 Å². The van der Waals surface area contributed by atoms with Gasteiger partial charge < -0.3 is 20.1 Å². The zero-order valence-electron chi connectivity index (χ0n) is 21.0. The first-order valence-electron chi connectivity index (χ1n) is 12.8. The molecular weight excluding hydrogens is 509 g/mol. The predicted octanol–water partition coefficient (Wildman–Crippen LogP) is 6.17. The molecule has 0 radical (unpaired) electrons. The Balaban J connectivity index is 1.29. The van der Waals surface area contributed by atoms with Gasteiger partial charge in [0.15, 0.2) is 5.11 Å². The van der Waals surface area contributed by atoms with E-state index in [1.807, 2.05) is 88.5 Å². The van der Waals surface area contributed by atoms with Crippen molar-refractivity contribution in [2.45, 2.75) is 18.5 Å². The van der Waals surface area contributed by atoms with Crippen molar-refractivity contribution in [1.29, 1.82) is 0 Å². The van der Waals surface area contributed by atoms with Crippen molar-refractivity contribution in [3.63, 3.8) is 0 Å². The molecule has 0 spiro atoms. The van der Waals surface area contributed by atoms with Crippen molar-refractivity contribution in [1.82, 2.24) is 19.8 Å². The SMILES string of the molecule is O=C(CCN1C(=S)NC(c2ccccn2)C1c1cccn1-c1ccc(F)cc1)Nc1cccc2ccccc12. The molecule has 1 aliphatic heterocycles. The largest absolute Gasteiger partial charge is 0.352 e. The number of hydrogen-bond donors (Lipinski definition) is 2. The zero-order valence-corrected chi connectivity index (χ0v) is 21.8. The van der Waals surface area contributed by atoms with E-state index < -0.39 is 0 Å². The smallest absolute Gasteiger partial charge is 0.226 e. The van der Waals surface area contributed by atoms with E-state index in [1.54, 1.807) is 18.3 Å². The van der Waals surface area contributed by atoms with Gasteiger partial charge in [-0.3, -0.25) is 9.78 Å². The average molecular weight is 536 g/mol. The van der Waals surface area contributed by atoms with Crippen LogP contribution in [-0.4, -0.2) is 32.0 Å². The highest BCUT2D eigenvalue weighted by Gasteiger charge is 2.41. The van der Waals surface area contributed by atoms with E-state index >= 15 is 0 Å². The summed E-state index contributed by atoms with van der Waals surface area (Å²) >= 11 is 5.79. The summed E-state index contributed by atoms with van der Waals surface area (Å²) < 4.78 is 15.7. The number of halogens is 1. The zero-order chi connectivity index (χ0) is 26.8. The summed E-state index contributed by atoms with van der Waals surface area (Å²) in [6.45, 7) is 0.408. The molecule has 1 amide bonds. The summed E-state index contributed by atoms with van der Waals surface area (Å²) in [4.78, 5) is 19.8. The highest BCUT2D eigenvalue weighted by molar-refractivity contribution is 7.80. The van der Waals surface area contributed by atoms with Crippen LogP contribution in [0.1, 0.15) is 29.9 Å². The van der Waals surface area contributed by atoms with Crippen LogP contribution in [0.5, 0.6) is 0 Å². The maximum atomic E-state index is 13.7. The second-order valence-electron chi connectivity index (χ2n) is 9.42. The molecule has 6 rings (SSSR count). The van der Waals surface area contributed by atoms with Crippen LogP contribution in [-0.2, 0) is 4.79 Å². The van der Waals surface area contributed by atoms with Gasteiger partial charge in [0.25, 0.3) is 0 Å². The van der Waals surface area contributed by atoms with Crippen molar-refractivity contribution in [3.8, 4) is 5.69 Å². The molecule has 2 N–H and O–H groups in total. The lowest BCUT2D eigenvalue weighted by atomic mass is 10.0. The maximum Gasteiger partial charge on any atom is 0.226 e. The Morgan fingerprint density at radius 1 is 0.949 bits per heavy atom. The number of rotatable bonds is 7. The van der Waals surface area contributed by atoms with Crippen LogP contribution >= 0.6 is 12.2 Å². The highest BCUT2D eigenvalue weighted by atomic mass is 32.1. The number of nitrogens with one attached hydrogen (secondary N) is 2. The van der Waals surface area contributed by atoms with Crippen molar-refractivity contribution >= 4 is 39.7 Å². The van der Waals surface area contributed by atoms with Crippen molar-refractivity contribution in [2.75, 3.05) is 11.9 Å². The molecule has 3 heterocycles. The van der Waals surface area contributed by atoms with Crippen molar-refractivity contribution < 1.29 is 9.18 Å². The van der Waals surface area contributed by atoms with Crippen LogP contribution in [0, 0.1) is 5.82 Å². The Labute approximate surface area is 231 Å². The van der Waals surface area contributed by atoms with E-state index in [4.69, 9.17) is 12.2 Å². The van der Waals surface area contributed by atoms with Crippen LogP contribution in [0.2, 0.25) is 0 Å². The first-order valence-corrected chi connectivity index (χ1v) is 13.2. The summed E-state index contributed by atoms with van der Waals surface area (Å²) in [6.07, 6.45) is 3.95. The lowest BCUT2D eigenvalue weighted by molar-refractivity contribution is -0.116. The standard InChI is InChI=1S/C31H26FN5OS/c32-22-13-15-23(16-14-22)36-19-6-12-27(36)30-29(26-10-3-4-18-33-26)35-31(39)37(30)20-17-28(38)34-25-11-5-8-21-7-1-2-9-24(21)25/h1-16,18-19,29-30H,17,20H2,(H,34,38)(H,35,39). The monoisotopic (exact) mass is 535 g/mol. The number of aromatic nitrogens is 2. The Morgan fingerprint density at radius 2 is 1.74 bits per heavy atom. The Bertz CT molecular complexity index is 1630. The quantitative estimate of drug-likeness (QED) is 0.244. The third-order valence-corrected chi connectivity index (χ3v) is 7.38. The summed E-state index contributed by atoms with van der Waals surface area (Å²) in [5.41, 5.74) is 3.43. The van der Waals surface area contributed by atoms with Crippen molar-refractivity contribution in [3.05, 3.63) is 127 Å². The first-order chi connectivity index (χ1) is 19.1. The normalized spacial score (nSPS) is 16.8. The van der Waals surface area contributed by atoms with Gasteiger partial charge in [-0.2, -0.15) is 0 Å². The lowest BCUT2D eigenvalue weighted by Gasteiger charge is -2.29. The third-order valence-electron chi connectivity index (χ3n) is 7.03. The second kappa shape index (κ2) is 10.7. The van der Waals surface area contributed by atoms with Gasteiger partial charge >= 0.3 is 0 Å². The number of fused-ring (bicyclic) bond motifs is 1. The predicted molar refractivity (Wildman–Crippen MR) is 155 cm³/mol. The summed E-state index contributed by atoms with van der Waals surface area (Å²) in [7, 11) is 0. The van der Waals surface area contributed by atoms with Gasteiger partial charge in [0, 0.05) is 47.8 Å². The van der Waals surface area contributed by atoms with Crippen LogP contribution < -0.4 is 10.6 Å². The highest BCUT2D eigenvalue weighted by Crippen LogP contribution is 2.39. The molecule has 0 bridgehead atoms. The van der Waals surface area contributed by atoms with Gasteiger partial charge in [0.05, 0.1) is 17.8 Å². The number of anilines is 1. The van der Waals surface area contributed by atoms with Crippen LogP contribution in [0.4, 0.5) is 10.1 Å². The number of hydrogen-bond acceptors (Lipinski definition) is 3. The molecular formula is C31H26FN5OS. The minimum absolute atomic E-state index is 0.0943. The lowest BCUT2D eigenvalue weighted by Crippen LogP contribution is -2.33. The average Bonchev–Trinajstić information content (AvgIpc) is 3.57. The fourth-order valence-corrected chi connectivity index (χ4v) is 5.54. The second-order valence-corrected chi connectivity index (χ2v) is 9.81. The van der Waals surface area contributed by atoms with Gasteiger partial charge in [-0.15, -0.1) is 0 Å². The van der Waals surface area contributed by atoms with Gasteiger partial charge in [-0.05, 0) is 72.2 Å². The van der Waals surface area contributed by atoms with Crippen LogP contribution in [0.15, 0.2) is 109 Å². The fraction of sp³-hybridized carbons (Fsp3) is 0.129. The molecule has 5 aromatic rings. The third kappa shape index (κ3) is 4.98. The maximum absolute atomic E-state index is 13.7. The van der Waals surface area contributed by atoms with Gasteiger partial charge in [0.2, 0.25) is 5.91 Å². The molecule has 1 saturated heterocycles. The van der Waals surface area contributed by atoms with E-state index in [1.165, 1.54) is 12.1 Å². The first kappa shape index (κ1) is 24.8. The van der Waals surface area contributed by atoms with Crippen LogP contribution in [0.3, 0.4) is 0 Å². The molecule has 194 valence electrons. The molecule has 39 heavy (non-hydrogen) atoms. The molecule has 3 aromatic carbocycles. The number of thiocarbonyl (C=S) groups is 1. The number of pyridine rings is 1. The minimum Gasteiger partial charge on any atom is -0.352 e. The minimum atomic E-state index is -0.290. The van der Waals surface area contributed by atoms with Gasteiger partial charge in [-0.25, -0.2) is 4.39 Å². The number of nitrogens with zero attached hydrogens (tertiary/aromatic N) is 3. The number of benzene rings is 3. The molecule has 8 heteroatoms. The molecule has 6 nitrogen and oxygen atoms in total. The van der Waals surface area contributed by atoms with Crippen LogP contribution in [0.25, 0.3) is 16.5 Å². The van der Waals surface area contributed by atoms with E-state index in [2.05, 4.69) is 15.6 Å². The Hall–Kier alpha value is -4.56. The van der Waals surface area contributed by atoms with Gasteiger partial charge in [0.1, 0.15) is 5.82 Å². The van der Waals surface area contributed by atoms with Gasteiger partial charge in [-0.1, -0.05) is 42.5 Å². The Morgan fingerprint density at radius 3 is 2.56 bits per heavy atom. The van der Waals surface area contributed by atoms with Crippen molar-refractivity contribution in [2.24, 2.45) is 0 Å². The Kier molecular flexibility index (Phi) is 6.77. The van der Waals surface area contributed by atoms with E-state index in [-0.39, 0.29) is 30.2 Å². The molecule has 1 fully saturated rings. The summed E-state index contributed by atoms with van der Waals surface area (Å²) in [6, 6.07) is 29.6. The molecule has 2 unspecified atom stereocenters. The summed E-state index contributed by atoms with van der Waals surface area (Å²) in [5.74, 6) is -0.385. The molecule has 0 aliphatic carbocycles.